The minimum Gasteiger partial charge on any atom is -0.356 e. The van der Waals surface area contributed by atoms with Crippen molar-refractivity contribution in [1.29, 1.82) is 0 Å². The lowest BCUT2D eigenvalue weighted by molar-refractivity contribution is 0.481. The molecule has 0 heterocycles. The molecule has 0 aliphatic heterocycles. The van der Waals surface area contributed by atoms with E-state index in [4.69, 9.17) is 0 Å². The first kappa shape index (κ1) is 22.9. The standard InChI is InChI=1S/C15H32N4O2S.HI/c1-3-22(20,21)19-13-7-12-18-15(16-2)17-11-6-10-14-8-4-5-9-14;/h14,19H,3-13H2,1-2H3,(H2,16,17,18);1H. The Morgan fingerprint density at radius 2 is 1.70 bits per heavy atom. The van der Waals surface area contributed by atoms with Crippen molar-refractivity contribution in [2.75, 3.05) is 32.4 Å². The van der Waals surface area contributed by atoms with Gasteiger partial charge < -0.3 is 10.6 Å². The summed E-state index contributed by atoms with van der Waals surface area (Å²) in [5.41, 5.74) is 0. The molecule has 0 radical (unpaired) electrons. The van der Waals surface area contributed by atoms with Crippen LogP contribution in [0.3, 0.4) is 0 Å². The van der Waals surface area contributed by atoms with Crippen molar-refractivity contribution in [2.45, 2.75) is 51.9 Å². The predicted octanol–water partition coefficient (Wildman–Crippen LogP) is 2.07. The summed E-state index contributed by atoms with van der Waals surface area (Å²) in [6.45, 7) is 3.74. The zero-order chi connectivity index (χ0) is 16.3. The summed E-state index contributed by atoms with van der Waals surface area (Å²) in [4.78, 5) is 4.18. The smallest absolute Gasteiger partial charge is 0.211 e. The van der Waals surface area contributed by atoms with Gasteiger partial charge in [0.1, 0.15) is 0 Å². The van der Waals surface area contributed by atoms with E-state index in [0.717, 1.165) is 24.8 Å². The first-order valence-corrected chi connectivity index (χ1v) is 10.1. The van der Waals surface area contributed by atoms with E-state index in [1.807, 2.05) is 0 Å². The van der Waals surface area contributed by atoms with E-state index in [0.29, 0.717) is 13.1 Å². The Labute approximate surface area is 158 Å². The molecule has 3 N–H and O–H groups in total. The molecule has 0 atom stereocenters. The van der Waals surface area contributed by atoms with Gasteiger partial charge in [-0.3, -0.25) is 4.99 Å². The van der Waals surface area contributed by atoms with Gasteiger partial charge in [0.05, 0.1) is 5.75 Å². The van der Waals surface area contributed by atoms with Gasteiger partial charge >= 0.3 is 0 Å². The molecule has 1 aliphatic carbocycles. The lowest BCUT2D eigenvalue weighted by atomic mass is 10.0. The van der Waals surface area contributed by atoms with Crippen molar-refractivity contribution in [3.8, 4) is 0 Å². The van der Waals surface area contributed by atoms with Gasteiger partial charge in [0.15, 0.2) is 5.96 Å². The van der Waals surface area contributed by atoms with E-state index in [2.05, 4.69) is 20.3 Å². The van der Waals surface area contributed by atoms with Crippen LogP contribution >= 0.6 is 24.0 Å². The van der Waals surface area contributed by atoms with Gasteiger partial charge in [-0.05, 0) is 32.1 Å². The number of aliphatic imine (C=N–C) groups is 1. The number of halogens is 1. The lowest BCUT2D eigenvalue weighted by Gasteiger charge is -2.13. The largest absolute Gasteiger partial charge is 0.356 e. The van der Waals surface area contributed by atoms with Crippen LogP contribution in [-0.2, 0) is 10.0 Å². The molecule has 1 aliphatic rings. The molecule has 0 amide bonds. The second kappa shape index (κ2) is 13.2. The maximum absolute atomic E-state index is 11.3. The van der Waals surface area contributed by atoms with Crippen LogP contribution in [0.15, 0.2) is 4.99 Å². The highest BCUT2D eigenvalue weighted by molar-refractivity contribution is 14.0. The molecule has 0 aromatic heterocycles. The zero-order valence-corrected chi connectivity index (χ0v) is 17.6. The van der Waals surface area contributed by atoms with Crippen molar-refractivity contribution in [3.05, 3.63) is 0 Å². The van der Waals surface area contributed by atoms with Gasteiger partial charge in [-0.25, -0.2) is 13.1 Å². The molecule has 0 bridgehead atoms. The van der Waals surface area contributed by atoms with Crippen LogP contribution in [0.4, 0.5) is 0 Å². The summed E-state index contributed by atoms with van der Waals surface area (Å²) >= 11 is 0. The number of guanidine groups is 1. The van der Waals surface area contributed by atoms with Gasteiger partial charge in [-0.1, -0.05) is 25.7 Å². The molecule has 0 saturated heterocycles. The Morgan fingerprint density at radius 3 is 2.26 bits per heavy atom. The van der Waals surface area contributed by atoms with Crippen molar-refractivity contribution < 1.29 is 8.42 Å². The number of hydrogen-bond donors (Lipinski definition) is 3. The maximum Gasteiger partial charge on any atom is 0.211 e. The maximum atomic E-state index is 11.3. The van der Waals surface area contributed by atoms with Gasteiger partial charge in [0.2, 0.25) is 10.0 Å². The summed E-state index contributed by atoms with van der Waals surface area (Å²) in [7, 11) is -1.32. The quantitative estimate of drug-likeness (QED) is 0.202. The SMILES string of the molecule is CCS(=O)(=O)NCCCNC(=NC)NCCCC1CCCC1.I. The summed E-state index contributed by atoms with van der Waals surface area (Å²) in [6.07, 6.45) is 8.85. The van der Waals surface area contributed by atoms with Crippen LogP contribution in [0.2, 0.25) is 0 Å². The average Bonchev–Trinajstić information content (AvgIpc) is 3.02. The average molecular weight is 460 g/mol. The Hall–Kier alpha value is -0.0900. The normalized spacial score (nSPS) is 16.2. The molecule has 23 heavy (non-hydrogen) atoms. The van der Waals surface area contributed by atoms with E-state index >= 15 is 0 Å². The minimum absolute atomic E-state index is 0. The fourth-order valence-electron chi connectivity index (χ4n) is 2.74. The molecule has 1 saturated carbocycles. The zero-order valence-electron chi connectivity index (χ0n) is 14.4. The first-order chi connectivity index (χ1) is 10.6. The van der Waals surface area contributed by atoms with Gasteiger partial charge in [-0.2, -0.15) is 0 Å². The fraction of sp³-hybridized carbons (Fsp3) is 0.933. The minimum atomic E-state index is -3.08. The second-order valence-corrected chi connectivity index (χ2v) is 7.97. The molecule has 1 rings (SSSR count). The number of nitrogens with one attached hydrogen (secondary N) is 3. The van der Waals surface area contributed by atoms with E-state index < -0.39 is 10.0 Å². The van der Waals surface area contributed by atoms with E-state index in [1.165, 1.54) is 38.5 Å². The van der Waals surface area contributed by atoms with Crippen LogP contribution in [0.25, 0.3) is 0 Å². The van der Waals surface area contributed by atoms with Gasteiger partial charge in [0, 0.05) is 26.7 Å². The summed E-state index contributed by atoms with van der Waals surface area (Å²) < 4.78 is 25.1. The summed E-state index contributed by atoms with van der Waals surface area (Å²) in [5.74, 6) is 1.86. The Kier molecular flexibility index (Phi) is 13.2. The summed E-state index contributed by atoms with van der Waals surface area (Å²) in [5, 5.41) is 6.52. The topological polar surface area (TPSA) is 82.6 Å². The Balaban J connectivity index is 0.00000484. The van der Waals surface area contributed by atoms with Crippen molar-refractivity contribution in [1.82, 2.24) is 15.4 Å². The Morgan fingerprint density at radius 1 is 1.09 bits per heavy atom. The third kappa shape index (κ3) is 11.1. The highest BCUT2D eigenvalue weighted by Gasteiger charge is 2.13. The lowest BCUT2D eigenvalue weighted by Crippen LogP contribution is -2.39. The van der Waals surface area contributed by atoms with Gasteiger partial charge in [0.25, 0.3) is 0 Å². The van der Waals surface area contributed by atoms with E-state index in [9.17, 15) is 8.42 Å². The highest BCUT2D eigenvalue weighted by atomic mass is 127. The molecule has 8 heteroatoms. The van der Waals surface area contributed by atoms with Crippen LogP contribution in [0.1, 0.15) is 51.9 Å². The number of rotatable bonds is 10. The molecular weight excluding hydrogens is 427 g/mol. The van der Waals surface area contributed by atoms with Crippen molar-refractivity contribution in [3.63, 3.8) is 0 Å². The molecule has 0 aromatic carbocycles. The van der Waals surface area contributed by atoms with E-state index in [1.54, 1.807) is 14.0 Å². The van der Waals surface area contributed by atoms with Crippen molar-refractivity contribution >= 4 is 40.0 Å². The van der Waals surface area contributed by atoms with Crippen molar-refractivity contribution in [2.24, 2.45) is 10.9 Å². The van der Waals surface area contributed by atoms with Crippen LogP contribution in [0, 0.1) is 5.92 Å². The molecule has 0 unspecified atom stereocenters. The third-order valence-electron chi connectivity index (χ3n) is 4.13. The first-order valence-electron chi connectivity index (χ1n) is 8.49. The third-order valence-corrected chi connectivity index (χ3v) is 5.53. The fourth-order valence-corrected chi connectivity index (χ4v) is 3.40. The van der Waals surface area contributed by atoms with Crippen LogP contribution in [0.5, 0.6) is 0 Å². The molecule has 138 valence electrons. The van der Waals surface area contributed by atoms with Gasteiger partial charge in [-0.15, -0.1) is 24.0 Å². The number of hydrogen-bond acceptors (Lipinski definition) is 3. The van der Waals surface area contributed by atoms with Crippen LogP contribution in [-0.4, -0.2) is 46.8 Å². The summed E-state index contributed by atoms with van der Waals surface area (Å²) in [6, 6.07) is 0. The molecular formula is C15H33IN4O2S. The second-order valence-electron chi connectivity index (χ2n) is 5.87. The number of sulfonamides is 1. The highest BCUT2D eigenvalue weighted by Crippen LogP contribution is 2.28. The molecule has 0 spiro atoms. The number of nitrogens with zero attached hydrogens (tertiary/aromatic N) is 1. The monoisotopic (exact) mass is 460 g/mol. The molecule has 1 fully saturated rings. The van der Waals surface area contributed by atoms with Crippen LogP contribution < -0.4 is 15.4 Å². The van der Waals surface area contributed by atoms with E-state index in [-0.39, 0.29) is 29.7 Å². The molecule has 0 aromatic rings. The predicted molar refractivity (Wildman–Crippen MR) is 108 cm³/mol. The Bertz CT molecular complexity index is 423. The molecule has 6 nitrogen and oxygen atoms in total.